The van der Waals surface area contributed by atoms with Crippen LogP contribution in [0.15, 0.2) is 84.0 Å². The van der Waals surface area contributed by atoms with Gasteiger partial charge < -0.3 is 15.4 Å². The van der Waals surface area contributed by atoms with Crippen molar-refractivity contribution in [1.82, 2.24) is 20.1 Å². The lowest BCUT2D eigenvalue weighted by Gasteiger charge is -2.14. The summed E-state index contributed by atoms with van der Waals surface area (Å²) in [5.41, 5.74) is 2.51. The normalized spacial score (nSPS) is 10.5. The number of nitrogens with zero attached hydrogens (tertiary/aromatic N) is 3. The molecule has 0 fully saturated rings. The fourth-order valence-electron chi connectivity index (χ4n) is 3.22. The maximum Gasteiger partial charge on any atom is 0.299 e. The van der Waals surface area contributed by atoms with Crippen LogP contribution in [-0.2, 0) is 6.54 Å². The van der Waals surface area contributed by atoms with Gasteiger partial charge in [0.2, 0.25) is 0 Å². The summed E-state index contributed by atoms with van der Waals surface area (Å²) in [4.78, 5) is 29.6. The molecule has 0 bridgehead atoms. The van der Waals surface area contributed by atoms with E-state index in [-0.39, 0.29) is 17.2 Å². The smallest absolute Gasteiger partial charge is 0.299 e. The fourth-order valence-corrected chi connectivity index (χ4v) is 3.34. The minimum absolute atomic E-state index is 0.202. The van der Waals surface area contributed by atoms with Gasteiger partial charge in [-0.15, -0.1) is 0 Å². The van der Waals surface area contributed by atoms with Crippen molar-refractivity contribution in [3.63, 3.8) is 0 Å². The summed E-state index contributed by atoms with van der Waals surface area (Å²) in [6.07, 6.45) is 4.85. The second-order valence-electron chi connectivity index (χ2n) is 7.25. The predicted molar refractivity (Wildman–Crippen MR) is 131 cm³/mol. The van der Waals surface area contributed by atoms with Crippen molar-refractivity contribution < 1.29 is 9.53 Å². The number of anilines is 2. The van der Waals surface area contributed by atoms with E-state index in [1.54, 1.807) is 60.9 Å². The van der Waals surface area contributed by atoms with E-state index >= 15 is 0 Å². The lowest BCUT2D eigenvalue weighted by Crippen LogP contribution is -2.24. The molecule has 9 heteroatoms. The Hall–Kier alpha value is -4.17. The summed E-state index contributed by atoms with van der Waals surface area (Å²) in [5.74, 6) is 0.129. The second-order valence-corrected chi connectivity index (χ2v) is 7.69. The van der Waals surface area contributed by atoms with Crippen LogP contribution in [0.3, 0.4) is 0 Å². The Labute approximate surface area is 201 Å². The summed E-state index contributed by atoms with van der Waals surface area (Å²) in [6, 6.07) is 17.3. The number of amides is 1. The van der Waals surface area contributed by atoms with Crippen LogP contribution in [-0.4, -0.2) is 27.3 Å². The van der Waals surface area contributed by atoms with Crippen LogP contribution < -0.4 is 20.9 Å². The molecule has 2 heterocycles. The molecule has 2 N–H and O–H groups in total. The van der Waals surface area contributed by atoms with Crippen molar-refractivity contribution in [2.75, 3.05) is 11.9 Å². The number of halogens is 1. The minimum atomic E-state index is -0.382. The maximum absolute atomic E-state index is 13.2. The molecule has 0 unspecified atom stereocenters. The molecular formula is C25H22ClN5O3. The molecule has 0 aliphatic rings. The first-order valence-electron chi connectivity index (χ1n) is 10.6. The van der Waals surface area contributed by atoms with E-state index in [0.717, 1.165) is 5.56 Å². The maximum atomic E-state index is 13.2. The van der Waals surface area contributed by atoms with E-state index in [1.165, 1.54) is 10.9 Å². The molecule has 4 rings (SSSR count). The van der Waals surface area contributed by atoms with Crippen molar-refractivity contribution in [3.8, 4) is 11.4 Å². The van der Waals surface area contributed by atoms with Crippen LogP contribution >= 0.6 is 11.6 Å². The van der Waals surface area contributed by atoms with E-state index in [9.17, 15) is 9.59 Å². The standard InChI is InChI=1S/C25H22ClN5O3/c1-2-34-22-16-29-31(21-9-5-19(26)6-10-21)25(33)23(22)30-20-7-3-18(4-8-20)24(32)28-15-17-11-13-27-14-12-17/h3-14,16,30H,2,15H2,1H3,(H,28,32). The molecule has 0 saturated heterocycles. The van der Waals surface area contributed by atoms with Gasteiger partial charge in [-0.05, 0) is 73.2 Å². The van der Waals surface area contributed by atoms with E-state index in [2.05, 4.69) is 20.7 Å². The van der Waals surface area contributed by atoms with Crippen LogP contribution in [0, 0.1) is 0 Å². The van der Waals surface area contributed by atoms with Crippen LogP contribution in [0.2, 0.25) is 5.02 Å². The third-order valence-electron chi connectivity index (χ3n) is 4.93. The summed E-state index contributed by atoms with van der Waals surface area (Å²) in [6.45, 7) is 2.60. The summed E-state index contributed by atoms with van der Waals surface area (Å²) in [7, 11) is 0. The number of hydrogen-bond acceptors (Lipinski definition) is 6. The van der Waals surface area contributed by atoms with Gasteiger partial charge in [-0.1, -0.05) is 11.6 Å². The fraction of sp³-hybridized carbons (Fsp3) is 0.120. The van der Waals surface area contributed by atoms with E-state index in [0.29, 0.717) is 40.9 Å². The van der Waals surface area contributed by atoms with Gasteiger partial charge in [0.15, 0.2) is 11.4 Å². The Kier molecular flexibility index (Phi) is 7.19. The first-order chi connectivity index (χ1) is 16.5. The second kappa shape index (κ2) is 10.6. The first-order valence-corrected chi connectivity index (χ1v) is 11.0. The van der Waals surface area contributed by atoms with Crippen LogP contribution in [0.1, 0.15) is 22.8 Å². The van der Waals surface area contributed by atoms with Gasteiger partial charge in [-0.2, -0.15) is 9.78 Å². The molecule has 0 saturated carbocycles. The first kappa shape index (κ1) is 23.0. The Morgan fingerprint density at radius 2 is 1.74 bits per heavy atom. The number of benzene rings is 2. The van der Waals surface area contributed by atoms with Gasteiger partial charge in [0.25, 0.3) is 11.5 Å². The summed E-state index contributed by atoms with van der Waals surface area (Å²) in [5, 5.41) is 10.8. The van der Waals surface area contributed by atoms with Crippen molar-refractivity contribution in [2.24, 2.45) is 0 Å². The molecule has 2 aromatic heterocycles. The molecule has 0 atom stereocenters. The average molecular weight is 476 g/mol. The molecule has 0 radical (unpaired) electrons. The van der Waals surface area contributed by atoms with Crippen molar-refractivity contribution in [2.45, 2.75) is 13.5 Å². The molecule has 0 aliphatic heterocycles. The Bertz CT molecular complexity index is 1320. The van der Waals surface area contributed by atoms with Gasteiger partial charge in [-0.3, -0.25) is 14.6 Å². The minimum Gasteiger partial charge on any atom is -0.490 e. The Balaban J connectivity index is 1.54. The topological polar surface area (TPSA) is 98.1 Å². The third kappa shape index (κ3) is 5.41. The van der Waals surface area contributed by atoms with Gasteiger partial charge in [0.1, 0.15) is 0 Å². The van der Waals surface area contributed by atoms with Gasteiger partial charge in [-0.25, -0.2) is 0 Å². The molecule has 0 aliphatic carbocycles. The summed E-state index contributed by atoms with van der Waals surface area (Å²) < 4.78 is 6.87. The molecule has 8 nitrogen and oxygen atoms in total. The number of ether oxygens (including phenoxy) is 1. The van der Waals surface area contributed by atoms with Crippen LogP contribution in [0.5, 0.6) is 5.75 Å². The van der Waals surface area contributed by atoms with Crippen LogP contribution in [0.25, 0.3) is 5.69 Å². The van der Waals surface area contributed by atoms with Gasteiger partial charge in [0, 0.05) is 35.2 Å². The molecule has 0 spiro atoms. The zero-order valence-corrected chi connectivity index (χ0v) is 19.1. The van der Waals surface area contributed by atoms with Crippen LogP contribution in [0.4, 0.5) is 11.4 Å². The quantitative estimate of drug-likeness (QED) is 0.393. The van der Waals surface area contributed by atoms with Gasteiger partial charge >= 0.3 is 0 Å². The zero-order valence-electron chi connectivity index (χ0n) is 18.4. The lowest BCUT2D eigenvalue weighted by molar-refractivity contribution is 0.0951. The molecule has 172 valence electrons. The van der Waals surface area contributed by atoms with Crippen molar-refractivity contribution >= 4 is 28.9 Å². The highest BCUT2D eigenvalue weighted by atomic mass is 35.5. The number of pyridine rings is 1. The number of rotatable bonds is 8. The largest absolute Gasteiger partial charge is 0.490 e. The highest BCUT2D eigenvalue weighted by Gasteiger charge is 2.15. The predicted octanol–water partition coefficient (Wildman–Crippen LogP) is 4.35. The highest BCUT2D eigenvalue weighted by molar-refractivity contribution is 6.30. The number of aromatic nitrogens is 3. The number of nitrogens with one attached hydrogen (secondary N) is 2. The molecule has 2 aromatic carbocycles. The average Bonchev–Trinajstić information content (AvgIpc) is 2.87. The van der Waals surface area contributed by atoms with Crippen molar-refractivity contribution in [1.29, 1.82) is 0 Å². The van der Waals surface area contributed by atoms with E-state index in [4.69, 9.17) is 16.3 Å². The third-order valence-corrected chi connectivity index (χ3v) is 5.18. The Morgan fingerprint density at radius 3 is 2.41 bits per heavy atom. The molecule has 4 aromatic rings. The zero-order chi connectivity index (χ0) is 23.9. The number of carbonyl (C=O) groups excluding carboxylic acids is 1. The lowest BCUT2D eigenvalue weighted by atomic mass is 10.2. The van der Waals surface area contributed by atoms with E-state index < -0.39 is 0 Å². The molecule has 1 amide bonds. The monoisotopic (exact) mass is 475 g/mol. The van der Waals surface area contributed by atoms with Crippen molar-refractivity contribution in [3.05, 3.63) is 106 Å². The highest BCUT2D eigenvalue weighted by Crippen LogP contribution is 2.24. The SMILES string of the molecule is CCOc1cnn(-c2ccc(Cl)cc2)c(=O)c1Nc1ccc(C(=O)NCc2ccncc2)cc1. The van der Waals surface area contributed by atoms with Gasteiger partial charge in [0.05, 0.1) is 18.5 Å². The summed E-state index contributed by atoms with van der Waals surface area (Å²) >= 11 is 5.96. The molecular weight excluding hydrogens is 454 g/mol. The number of hydrogen-bond donors (Lipinski definition) is 2. The Morgan fingerprint density at radius 1 is 1.03 bits per heavy atom. The molecule has 34 heavy (non-hydrogen) atoms. The van der Waals surface area contributed by atoms with E-state index in [1.807, 2.05) is 19.1 Å². The number of carbonyl (C=O) groups is 1.